The lowest BCUT2D eigenvalue weighted by Gasteiger charge is -2.11. The molecule has 1 aliphatic heterocycles. The summed E-state index contributed by atoms with van der Waals surface area (Å²) in [5.74, 6) is 1.58. The third kappa shape index (κ3) is 3.25. The molecule has 0 saturated heterocycles. The molecule has 0 amide bonds. The number of rotatable bonds is 5. The topological polar surface area (TPSA) is 61.2 Å². The molecule has 0 fully saturated rings. The SMILES string of the molecule is Cc1nn(C)cc1C(C)NCc1csc(-c2ccc3c(c2)OCO3)n1. The smallest absolute Gasteiger partial charge is 0.231 e. The monoisotopic (exact) mass is 356 g/mol. The standard InChI is InChI=1S/C18H20N4O2S/c1-11(15-8-22(3)21-12(15)2)19-7-14-9-25-18(20-14)13-4-5-16-17(6-13)24-10-23-16/h4-6,8-9,11,19H,7,10H2,1-3H3. The van der Waals surface area contributed by atoms with Crippen LogP contribution in [-0.4, -0.2) is 21.6 Å². The summed E-state index contributed by atoms with van der Waals surface area (Å²) in [6, 6.07) is 6.17. The van der Waals surface area contributed by atoms with Crippen LogP contribution >= 0.6 is 11.3 Å². The Morgan fingerprint density at radius 3 is 2.96 bits per heavy atom. The van der Waals surface area contributed by atoms with Gasteiger partial charge in [0.15, 0.2) is 11.5 Å². The van der Waals surface area contributed by atoms with Crippen molar-refractivity contribution >= 4 is 11.3 Å². The normalized spacial score (nSPS) is 14.0. The summed E-state index contributed by atoms with van der Waals surface area (Å²) in [5.41, 5.74) is 4.36. The van der Waals surface area contributed by atoms with Crippen molar-refractivity contribution in [2.24, 2.45) is 7.05 Å². The summed E-state index contributed by atoms with van der Waals surface area (Å²) in [5, 5.41) is 11.0. The van der Waals surface area contributed by atoms with Gasteiger partial charge in [0, 0.05) is 42.3 Å². The first-order chi connectivity index (χ1) is 12.1. The third-order valence-electron chi connectivity index (χ3n) is 4.28. The molecule has 1 aromatic carbocycles. The van der Waals surface area contributed by atoms with Crippen molar-refractivity contribution in [3.05, 3.63) is 46.7 Å². The number of benzene rings is 1. The van der Waals surface area contributed by atoms with Gasteiger partial charge >= 0.3 is 0 Å². The Morgan fingerprint density at radius 1 is 1.32 bits per heavy atom. The van der Waals surface area contributed by atoms with Gasteiger partial charge in [-0.3, -0.25) is 4.68 Å². The number of fused-ring (bicyclic) bond motifs is 1. The second kappa shape index (κ2) is 6.50. The van der Waals surface area contributed by atoms with Crippen LogP contribution in [-0.2, 0) is 13.6 Å². The van der Waals surface area contributed by atoms with Crippen molar-refractivity contribution in [1.82, 2.24) is 20.1 Å². The van der Waals surface area contributed by atoms with Crippen molar-refractivity contribution in [3.8, 4) is 22.1 Å². The van der Waals surface area contributed by atoms with E-state index in [0.717, 1.165) is 40.0 Å². The first kappa shape index (κ1) is 16.1. The molecule has 3 aromatic rings. The van der Waals surface area contributed by atoms with Gasteiger partial charge < -0.3 is 14.8 Å². The zero-order chi connectivity index (χ0) is 17.4. The van der Waals surface area contributed by atoms with E-state index in [2.05, 4.69) is 28.9 Å². The van der Waals surface area contributed by atoms with E-state index in [1.165, 1.54) is 5.56 Å². The van der Waals surface area contributed by atoms with Crippen molar-refractivity contribution in [3.63, 3.8) is 0 Å². The molecule has 25 heavy (non-hydrogen) atoms. The average molecular weight is 356 g/mol. The molecule has 1 N–H and O–H groups in total. The van der Waals surface area contributed by atoms with Crippen LogP contribution in [0.4, 0.5) is 0 Å². The van der Waals surface area contributed by atoms with Gasteiger partial charge in [0.05, 0.1) is 11.4 Å². The highest BCUT2D eigenvalue weighted by Gasteiger charge is 2.16. The lowest BCUT2D eigenvalue weighted by atomic mass is 10.1. The summed E-state index contributed by atoms with van der Waals surface area (Å²) >= 11 is 1.64. The van der Waals surface area contributed by atoms with Crippen LogP contribution in [0.1, 0.15) is 29.9 Å². The molecular weight excluding hydrogens is 336 g/mol. The molecule has 3 heterocycles. The first-order valence-electron chi connectivity index (χ1n) is 8.18. The maximum Gasteiger partial charge on any atom is 0.231 e. The van der Waals surface area contributed by atoms with E-state index < -0.39 is 0 Å². The minimum atomic E-state index is 0.226. The van der Waals surface area contributed by atoms with Crippen molar-refractivity contribution in [2.75, 3.05) is 6.79 Å². The number of aromatic nitrogens is 3. The molecule has 1 atom stereocenters. The van der Waals surface area contributed by atoms with Crippen LogP contribution in [0.25, 0.3) is 10.6 Å². The van der Waals surface area contributed by atoms with E-state index in [0.29, 0.717) is 0 Å². The summed E-state index contributed by atoms with van der Waals surface area (Å²) in [6.07, 6.45) is 2.06. The van der Waals surface area contributed by atoms with Crippen LogP contribution in [0.2, 0.25) is 0 Å². The highest BCUT2D eigenvalue weighted by molar-refractivity contribution is 7.13. The van der Waals surface area contributed by atoms with Crippen LogP contribution in [0, 0.1) is 6.92 Å². The molecule has 0 aliphatic carbocycles. The number of thiazole rings is 1. The minimum absolute atomic E-state index is 0.226. The van der Waals surface area contributed by atoms with Gasteiger partial charge in [-0.05, 0) is 32.0 Å². The maximum atomic E-state index is 5.44. The number of nitrogens with zero attached hydrogens (tertiary/aromatic N) is 3. The van der Waals surface area contributed by atoms with Crippen LogP contribution in [0.5, 0.6) is 11.5 Å². The molecule has 6 nitrogen and oxygen atoms in total. The van der Waals surface area contributed by atoms with Gasteiger partial charge in [-0.15, -0.1) is 11.3 Å². The zero-order valence-electron chi connectivity index (χ0n) is 14.4. The molecule has 4 rings (SSSR count). The fourth-order valence-corrected chi connectivity index (χ4v) is 3.78. The van der Waals surface area contributed by atoms with E-state index in [1.807, 2.05) is 36.9 Å². The molecule has 0 spiro atoms. The number of ether oxygens (including phenoxy) is 2. The Bertz CT molecular complexity index is 902. The largest absolute Gasteiger partial charge is 0.454 e. The van der Waals surface area contributed by atoms with Crippen molar-refractivity contribution in [2.45, 2.75) is 26.4 Å². The highest BCUT2D eigenvalue weighted by atomic mass is 32.1. The minimum Gasteiger partial charge on any atom is -0.454 e. The number of aryl methyl sites for hydroxylation is 2. The van der Waals surface area contributed by atoms with Crippen molar-refractivity contribution in [1.29, 1.82) is 0 Å². The van der Waals surface area contributed by atoms with E-state index in [1.54, 1.807) is 11.3 Å². The molecule has 0 saturated carbocycles. The summed E-state index contributed by atoms with van der Waals surface area (Å²) in [4.78, 5) is 4.74. The predicted octanol–water partition coefficient (Wildman–Crippen LogP) is 3.43. The summed E-state index contributed by atoms with van der Waals surface area (Å²) < 4.78 is 12.7. The fourth-order valence-electron chi connectivity index (χ4n) is 2.96. The molecule has 1 aliphatic rings. The van der Waals surface area contributed by atoms with Gasteiger partial charge in [-0.1, -0.05) is 0 Å². The molecule has 130 valence electrons. The van der Waals surface area contributed by atoms with Crippen molar-refractivity contribution < 1.29 is 9.47 Å². The molecule has 1 unspecified atom stereocenters. The Hall–Kier alpha value is -2.38. The second-order valence-corrected chi connectivity index (χ2v) is 7.02. The number of hydrogen-bond acceptors (Lipinski definition) is 6. The second-order valence-electron chi connectivity index (χ2n) is 6.16. The lowest BCUT2D eigenvalue weighted by Crippen LogP contribution is -2.18. The summed E-state index contributed by atoms with van der Waals surface area (Å²) in [6.45, 7) is 5.19. The van der Waals surface area contributed by atoms with Gasteiger partial charge in [0.2, 0.25) is 6.79 Å². The molecule has 2 aromatic heterocycles. The lowest BCUT2D eigenvalue weighted by molar-refractivity contribution is 0.174. The van der Waals surface area contributed by atoms with Gasteiger partial charge in [0.1, 0.15) is 5.01 Å². The third-order valence-corrected chi connectivity index (χ3v) is 5.22. The zero-order valence-corrected chi connectivity index (χ0v) is 15.3. The Morgan fingerprint density at radius 2 is 2.16 bits per heavy atom. The maximum absolute atomic E-state index is 5.44. The van der Waals surface area contributed by atoms with Crippen LogP contribution < -0.4 is 14.8 Å². The van der Waals surface area contributed by atoms with Gasteiger partial charge in [-0.25, -0.2) is 4.98 Å². The molecular formula is C18H20N4O2S. The fraction of sp³-hybridized carbons (Fsp3) is 0.333. The van der Waals surface area contributed by atoms with E-state index >= 15 is 0 Å². The molecule has 7 heteroatoms. The average Bonchev–Trinajstić information content (AvgIpc) is 3.31. The molecule has 0 radical (unpaired) electrons. The predicted molar refractivity (Wildman–Crippen MR) is 96.9 cm³/mol. The summed E-state index contributed by atoms with van der Waals surface area (Å²) in [7, 11) is 1.95. The van der Waals surface area contributed by atoms with Crippen LogP contribution in [0.3, 0.4) is 0 Å². The molecule has 0 bridgehead atoms. The van der Waals surface area contributed by atoms with E-state index in [-0.39, 0.29) is 12.8 Å². The Labute approximate surface area is 150 Å². The van der Waals surface area contributed by atoms with E-state index in [9.17, 15) is 0 Å². The highest BCUT2D eigenvalue weighted by Crippen LogP contribution is 2.36. The van der Waals surface area contributed by atoms with Crippen LogP contribution in [0.15, 0.2) is 29.8 Å². The number of hydrogen-bond donors (Lipinski definition) is 1. The Kier molecular flexibility index (Phi) is 4.19. The Balaban J connectivity index is 1.44. The first-order valence-corrected chi connectivity index (χ1v) is 9.06. The van der Waals surface area contributed by atoms with Gasteiger partial charge in [0.25, 0.3) is 0 Å². The van der Waals surface area contributed by atoms with Gasteiger partial charge in [-0.2, -0.15) is 5.10 Å². The quantitative estimate of drug-likeness (QED) is 0.759. The number of nitrogens with one attached hydrogen (secondary N) is 1. The van der Waals surface area contributed by atoms with E-state index in [4.69, 9.17) is 14.5 Å².